The van der Waals surface area contributed by atoms with E-state index in [-0.39, 0.29) is 0 Å². The third-order valence-corrected chi connectivity index (χ3v) is 4.00. The molecule has 0 radical (unpaired) electrons. The van der Waals surface area contributed by atoms with E-state index in [0.29, 0.717) is 5.75 Å². The Morgan fingerprint density at radius 2 is 2.20 bits per heavy atom. The Balaban J connectivity index is 2.29. The maximum absolute atomic E-state index is 9.41. The Morgan fingerprint density at radius 3 is 3.07 bits per heavy atom. The Morgan fingerprint density at radius 1 is 1.33 bits per heavy atom. The number of H-pyrrole nitrogens is 1. The van der Waals surface area contributed by atoms with Gasteiger partial charge in [-0.25, -0.2) is 0 Å². The number of hydrogen-bond acceptors (Lipinski definition) is 3. The quantitative estimate of drug-likeness (QED) is 0.687. The van der Waals surface area contributed by atoms with E-state index in [1.165, 1.54) is 16.0 Å². The number of nitrogens with one attached hydrogen (secondary N) is 1. The largest absolute Gasteiger partial charge is 0.508 e. The summed E-state index contributed by atoms with van der Waals surface area (Å²) in [7, 11) is 0. The van der Waals surface area contributed by atoms with Crippen LogP contribution in [0.4, 0.5) is 0 Å². The van der Waals surface area contributed by atoms with Crippen LogP contribution >= 0.6 is 23.6 Å². The number of aromatic amines is 1. The molecule has 0 saturated carbocycles. The summed E-state index contributed by atoms with van der Waals surface area (Å²) in [5.74, 6) is 0.339. The summed E-state index contributed by atoms with van der Waals surface area (Å²) < 4.78 is 0.834. The van der Waals surface area contributed by atoms with Crippen LogP contribution in [0.2, 0.25) is 0 Å². The van der Waals surface area contributed by atoms with Crippen molar-refractivity contribution < 1.29 is 5.11 Å². The van der Waals surface area contributed by atoms with Crippen LogP contribution in [0.15, 0.2) is 18.2 Å². The smallest absolute Gasteiger partial charge is 0.159 e. The molecule has 2 nitrogen and oxygen atoms in total. The van der Waals surface area contributed by atoms with E-state index < -0.39 is 0 Å². The van der Waals surface area contributed by atoms with Gasteiger partial charge in [-0.3, -0.25) is 0 Å². The molecule has 4 heteroatoms. The second-order valence-corrected chi connectivity index (χ2v) is 5.43. The second kappa shape index (κ2) is 3.18. The number of phenols is 1. The van der Waals surface area contributed by atoms with Crippen LogP contribution in [0.25, 0.3) is 11.3 Å². The highest BCUT2D eigenvalue weighted by Crippen LogP contribution is 2.36. The number of benzene rings is 1. The monoisotopic (exact) mass is 235 g/mol. The van der Waals surface area contributed by atoms with Gasteiger partial charge in [-0.2, -0.15) is 0 Å². The van der Waals surface area contributed by atoms with Crippen LogP contribution < -0.4 is 0 Å². The second-order valence-electron chi connectivity index (χ2n) is 3.65. The number of hydrogen-bond donors (Lipinski definition) is 2. The van der Waals surface area contributed by atoms with E-state index in [2.05, 4.69) is 4.98 Å². The van der Waals surface area contributed by atoms with Crippen molar-refractivity contribution in [3.63, 3.8) is 0 Å². The zero-order valence-corrected chi connectivity index (χ0v) is 9.54. The fourth-order valence-corrected chi connectivity index (χ4v) is 3.28. The fourth-order valence-electron chi connectivity index (χ4n) is 2.03. The zero-order valence-electron chi connectivity index (χ0n) is 7.91. The van der Waals surface area contributed by atoms with Gasteiger partial charge in [-0.15, -0.1) is 11.3 Å². The molecule has 0 bridgehead atoms. The Labute approximate surface area is 96.2 Å². The van der Waals surface area contributed by atoms with E-state index in [1.54, 1.807) is 17.4 Å². The van der Waals surface area contributed by atoms with E-state index >= 15 is 0 Å². The summed E-state index contributed by atoms with van der Waals surface area (Å²) in [6.07, 6.45) is 2.00. The zero-order chi connectivity index (χ0) is 10.4. The van der Waals surface area contributed by atoms with Crippen LogP contribution in [0.1, 0.15) is 10.4 Å². The molecule has 0 aliphatic heterocycles. The lowest BCUT2D eigenvalue weighted by atomic mass is 9.93. The first-order valence-corrected chi connectivity index (χ1v) is 6.01. The summed E-state index contributed by atoms with van der Waals surface area (Å²) in [4.78, 5) is 4.56. The van der Waals surface area contributed by atoms with Gasteiger partial charge in [0.15, 0.2) is 3.95 Å². The van der Waals surface area contributed by atoms with Crippen LogP contribution in [0, 0.1) is 3.95 Å². The van der Waals surface area contributed by atoms with E-state index in [9.17, 15) is 5.11 Å². The van der Waals surface area contributed by atoms with Gasteiger partial charge in [-0.05, 0) is 48.8 Å². The van der Waals surface area contributed by atoms with E-state index in [0.717, 1.165) is 22.5 Å². The predicted molar refractivity (Wildman–Crippen MR) is 64.0 cm³/mol. The van der Waals surface area contributed by atoms with Gasteiger partial charge in [0, 0.05) is 10.4 Å². The lowest BCUT2D eigenvalue weighted by Crippen LogP contribution is -2.01. The van der Waals surface area contributed by atoms with Crippen molar-refractivity contribution in [1.82, 2.24) is 4.98 Å². The van der Waals surface area contributed by atoms with Crippen molar-refractivity contribution in [3.8, 4) is 17.0 Å². The summed E-state index contributed by atoms with van der Waals surface area (Å²) in [6.45, 7) is 0. The number of thiazole rings is 1. The molecule has 2 N–H and O–H groups in total. The Kier molecular flexibility index (Phi) is 1.94. The molecule has 1 aromatic carbocycles. The minimum Gasteiger partial charge on any atom is -0.508 e. The summed E-state index contributed by atoms with van der Waals surface area (Å²) in [5, 5.41) is 9.41. The highest BCUT2D eigenvalue weighted by molar-refractivity contribution is 7.73. The van der Waals surface area contributed by atoms with Crippen molar-refractivity contribution >= 4 is 23.6 Å². The molecule has 1 aliphatic rings. The highest BCUT2D eigenvalue weighted by atomic mass is 32.1. The van der Waals surface area contributed by atoms with Crippen molar-refractivity contribution in [2.45, 2.75) is 12.8 Å². The molecule has 0 unspecified atom stereocenters. The first-order chi connectivity index (χ1) is 7.24. The molecule has 0 saturated heterocycles. The molecule has 1 heterocycles. The van der Waals surface area contributed by atoms with Gasteiger partial charge in [0.2, 0.25) is 0 Å². The number of fused-ring (bicyclic) bond motifs is 3. The number of phenolic OH excluding ortho intramolecular Hbond substituents is 1. The molecule has 0 atom stereocenters. The first-order valence-electron chi connectivity index (χ1n) is 4.78. The third kappa shape index (κ3) is 1.41. The van der Waals surface area contributed by atoms with Crippen LogP contribution in [-0.4, -0.2) is 10.1 Å². The summed E-state index contributed by atoms with van der Waals surface area (Å²) in [6, 6.07) is 5.52. The Bertz CT molecular complexity index is 583. The topological polar surface area (TPSA) is 36.0 Å². The molecule has 2 aromatic rings. The number of aryl methyl sites for hydroxylation is 2. The Hall–Kier alpha value is -1.13. The molecule has 76 valence electrons. The molecule has 1 aromatic heterocycles. The molecular formula is C11H9NOS2. The van der Waals surface area contributed by atoms with Crippen LogP contribution in [-0.2, 0) is 12.8 Å². The van der Waals surface area contributed by atoms with E-state index in [1.807, 2.05) is 12.1 Å². The summed E-state index contributed by atoms with van der Waals surface area (Å²) >= 11 is 6.80. The normalized spacial score (nSPS) is 13.3. The van der Waals surface area contributed by atoms with Crippen molar-refractivity contribution in [2.75, 3.05) is 0 Å². The molecule has 0 spiro atoms. The van der Waals surface area contributed by atoms with Crippen molar-refractivity contribution in [2.24, 2.45) is 0 Å². The van der Waals surface area contributed by atoms with Crippen molar-refractivity contribution in [1.29, 1.82) is 0 Å². The number of aromatic nitrogens is 1. The molecule has 0 amide bonds. The van der Waals surface area contributed by atoms with Crippen LogP contribution in [0.3, 0.4) is 0 Å². The van der Waals surface area contributed by atoms with Crippen LogP contribution in [0.5, 0.6) is 5.75 Å². The lowest BCUT2D eigenvalue weighted by Gasteiger charge is -2.15. The molecule has 0 fully saturated rings. The maximum atomic E-state index is 9.41. The number of aromatic hydroxyl groups is 1. The molecule has 3 rings (SSSR count). The molecule has 15 heavy (non-hydrogen) atoms. The fraction of sp³-hybridized carbons (Fsp3) is 0.182. The summed E-state index contributed by atoms with van der Waals surface area (Å²) in [5.41, 5.74) is 3.53. The lowest BCUT2D eigenvalue weighted by molar-refractivity contribution is 0.474. The predicted octanol–water partition coefficient (Wildman–Crippen LogP) is 3.28. The minimum absolute atomic E-state index is 0.339. The minimum atomic E-state index is 0.339. The highest BCUT2D eigenvalue weighted by Gasteiger charge is 2.18. The van der Waals surface area contributed by atoms with Gasteiger partial charge in [-0.1, -0.05) is 0 Å². The van der Waals surface area contributed by atoms with Gasteiger partial charge >= 0.3 is 0 Å². The first kappa shape index (κ1) is 9.12. The van der Waals surface area contributed by atoms with Crippen molar-refractivity contribution in [3.05, 3.63) is 32.6 Å². The van der Waals surface area contributed by atoms with Gasteiger partial charge in [0.05, 0.1) is 5.69 Å². The average Bonchev–Trinajstić information content (AvgIpc) is 2.58. The van der Waals surface area contributed by atoms with Gasteiger partial charge in [0.1, 0.15) is 5.75 Å². The number of rotatable bonds is 0. The van der Waals surface area contributed by atoms with Gasteiger partial charge in [0.25, 0.3) is 0 Å². The molecular weight excluding hydrogens is 226 g/mol. The molecule has 1 aliphatic carbocycles. The maximum Gasteiger partial charge on any atom is 0.159 e. The average molecular weight is 235 g/mol. The third-order valence-electron chi connectivity index (χ3n) is 2.70. The van der Waals surface area contributed by atoms with E-state index in [4.69, 9.17) is 12.2 Å². The SMILES string of the molecule is Oc1ccc2c(c1)CCc1sc(=S)[nH]c1-2. The standard InChI is InChI=1S/C11H9NOS2/c13-7-2-3-8-6(5-7)1-4-9-10(8)12-11(14)15-9/h2-3,5,13H,1,4H2,(H,12,14). The van der Waals surface area contributed by atoms with Gasteiger partial charge < -0.3 is 10.1 Å².